The van der Waals surface area contributed by atoms with Gasteiger partial charge in [0.2, 0.25) is 10.0 Å². The maximum Gasteiger partial charge on any atom is 0.406 e. The van der Waals surface area contributed by atoms with Crippen LogP contribution in [0.3, 0.4) is 0 Å². The third kappa shape index (κ3) is 4.69. The van der Waals surface area contributed by atoms with Gasteiger partial charge < -0.3 is 19.5 Å². The molecular weight excluding hydrogens is 312 g/mol. The molecule has 0 aliphatic rings. The Morgan fingerprint density at radius 3 is 2.41 bits per heavy atom. The highest BCUT2D eigenvalue weighted by Gasteiger charge is 2.21. The summed E-state index contributed by atoms with van der Waals surface area (Å²) in [5, 5.41) is 2.43. The minimum absolute atomic E-state index is 0.0383. The van der Waals surface area contributed by atoms with Gasteiger partial charge in [-0.05, 0) is 12.1 Å². The van der Waals surface area contributed by atoms with E-state index in [4.69, 9.17) is 9.47 Å². The van der Waals surface area contributed by atoms with Crippen LogP contribution in [-0.4, -0.2) is 55.2 Å². The van der Waals surface area contributed by atoms with E-state index in [1.54, 1.807) is 18.2 Å². The highest BCUT2D eigenvalue weighted by Crippen LogP contribution is 2.33. The van der Waals surface area contributed by atoms with Crippen molar-refractivity contribution in [2.75, 3.05) is 45.0 Å². The molecule has 0 aliphatic heterocycles. The number of carbonyl (C=O) groups is 1. The largest absolute Gasteiger partial charge is 0.497 e. The molecule has 0 saturated heterocycles. The standard InChI is InChI=1S/C13H20N2O6S/c1-19-10-5-6-11(12(9-10)20-2)15(22(4,17)18)8-7-14-13(16)21-3/h5-6,9H,7-8H2,1-4H3,(H,14,16). The molecule has 0 heterocycles. The first kappa shape index (κ1) is 17.9. The number of sulfonamides is 1. The Hall–Kier alpha value is -2.16. The van der Waals surface area contributed by atoms with Crippen molar-refractivity contribution in [2.24, 2.45) is 0 Å². The summed E-state index contributed by atoms with van der Waals surface area (Å²) >= 11 is 0. The molecule has 1 rings (SSSR count). The normalized spacial score (nSPS) is 10.7. The third-order valence-corrected chi connectivity index (χ3v) is 4.01. The summed E-state index contributed by atoms with van der Waals surface area (Å²) in [6, 6.07) is 4.79. The van der Waals surface area contributed by atoms with Gasteiger partial charge in [0.1, 0.15) is 11.5 Å². The lowest BCUT2D eigenvalue weighted by Crippen LogP contribution is -2.38. The fourth-order valence-corrected chi connectivity index (χ4v) is 2.72. The fraction of sp³-hybridized carbons (Fsp3) is 0.462. The lowest BCUT2D eigenvalue weighted by molar-refractivity contribution is 0.171. The zero-order valence-corrected chi connectivity index (χ0v) is 13.8. The summed E-state index contributed by atoms with van der Waals surface area (Å²) in [5.41, 5.74) is 0.359. The van der Waals surface area contributed by atoms with E-state index in [1.165, 1.54) is 21.3 Å². The SMILES string of the molecule is COC(=O)NCCN(c1ccc(OC)cc1OC)S(C)(=O)=O. The molecule has 1 amide bonds. The van der Waals surface area contributed by atoms with Gasteiger partial charge in [-0.1, -0.05) is 0 Å². The van der Waals surface area contributed by atoms with Gasteiger partial charge in [0, 0.05) is 12.6 Å². The quantitative estimate of drug-likeness (QED) is 0.795. The van der Waals surface area contributed by atoms with Crippen LogP contribution in [0.1, 0.15) is 0 Å². The van der Waals surface area contributed by atoms with Crippen molar-refractivity contribution < 1.29 is 27.4 Å². The Labute approximate surface area is 130 Å². The summed E-state index contributed by atoms with van der Waals surface area (Å²) < 4.78 is 39.9. The number of hydrogen-bond donors (Lipinski definition) is 1. The molecule has 0 fully saturated rings. The Morgan fingerprint density at radius 1 is 1.23 bits per heavy atom. The van der Waals surface area contributed by atoms with Crippen LogP contribution in [0.4, 0.5) is 10.5 Å². The number of benzene rings is 1. The molecule has 8 nitrogen and oxygen atoms in total. The maximum absolute atomic E-state index is 12.0. The zero-order valence-electron chi connectivity index (χ0n) is 13.0. The highest BCUT2D eigenvalue weighted by atomic mass is 32.2. The molecule has 0 unspecified atom stereocenters. The number of nitrogens with zero attached hydrogens (tertiary/aromatic N) is 1. The second kappa shape index (κ2) is 7.74. The van der Waals surface area contributed by atoms with Gasteiger partial charge >= 0.3 is 6.09 Å². The molecule has 0 bridgehead atoms. The van der Waals surface area contributed by atoms with E-state index in [9.17, 15) is 13.2 Å². The molecule has 0 saturated carbocycles. The van der Waals surface area contributed by atoms with E-state index in [-0.39, 0.29) is 13.1 Å². The molecule has 0 spiro atoms. The van der Waals surface area contributed by atoms with Gasteiger partial charge in [-0.2, -0.15) is 0 Å². The number of amides is 1. The molecule has 0 radical (unpaired) electrons. The Bertz CT molecular complexity index is 617. The molecule has 1 aromatic rings. The summed E-state index contributed by atoms with van der Waals surface area (Å²) in [7, 11) is 0.617. The summed E-state index contributed by atoms with van der Waals surface area (Å²) in [6.45, 7) is 0.131. The van der Waals surface area contributed by atoms with Gasteiger partial charge in [0.25, 0.3) is 0 Å². The number of hydrogen-bond acceptors (Lipinski definition) is 6. The number of nitrogens with one attached hydrogen (secondary N) is 1. The van der Waals surface area contributed by atoms with Crippen molar-refractivity contribution in [3.05, 3.63) is 18.2 Å². The highest BCUT2D eigenvalue weighted by molar-refractivity contribution is 7.92. The van der Waals surface area contributed by atoms with E-state index in [0.29, 0.717) is 17.2 Å². The number of carbonyl (C=O) groups excluding carboxylic acids is 1. The van der Waals surface area contributed by atoms with E-state index in [2.05, 4.69) is 10.1 Å². The van der Waals surface area contributed by atoms with Crippen molar-refractivity contribution >= 4 is 21.8 Å². The van der Waals surface area contributed by atoms with E-state index in [0.717, 1.165) is 10.6 Å². The number of ether oxygens (including phenoxy) is 3. The van der Waals surface area contributed by atoms with Gasteiger partial charge in [0.05, 0.1) is 39.8 Å². The van der Waals surface area contributed by atoms with E-state index in [1.807, 2.05) is 0 Å². The monoisotopic (exact) mass is 332 g/mol. The number of anilines is 1. The molecular formula is C13H20N2O6S. The second-order valence-corrected chi connectivity index (χ2v) is 6.20. The molecule has 0 atom stereocenters. The predicted molar refractivity (Wildman–Crippen MR) is 82.1 cm³/mol. The maximum atomic E-state index is 12.0. The van der Waals surface area contributed by atoms with Crippen LogP contribution >= 0.6 is 0 Å². The third-order valence-electron chi connectivity index (χ3n) is 2.83. The number of methoxy groups -OCH3 is 3. The summed E-state index contributed by atoms with van der Waals surface area (Å²) in [6.07, 6.45) is 0.449. The first-order valence-electron chi connectivity index (χ1n) is 6.35. The van der Waals surface area contributed by atoms with Crippen LogP contribution in [0.15, 0.2) is 18.2 Å². The topological polar surface area (TPSA) is 94.2 Å². The molecule has 1 aromatic carbocycles. The minimum Gasteiger partial charge on any atom is -0.497 e. The van der Waals surface area contributed by atoms with Crippen LogP contribution < -0.4 is 19.1 Å². The minimum atomic E-state index is -3.55. The summed E-state index contributed by atoms with van der Waals surface area (Å²) in [4.78, 5) is 11.0. The number of alkyl carbamates (subject to hydrolysis) is 1. The molecule has 1 N–H and O–H groups in total. The second-order valence-electron chi connectivity index (χ2n) is 4.29. The average Bonchev–Trinajstić information content (AvgIpc) is 2.49. The molecule has 9 heteroatoms. The molecule has 0 aliphatic carbocycles. The molecule has 124 valence electrons. The predicted octanol–water partition coefficient (Wildman–Crippen LogP) is 0.826. The molecule has 22 heavy (non-hydrogen) atoms. The zero-order chi connectivity index (χ0) is 16.8. The van der Waals surface area contributed by atoms with Gasteiger partial charge in [-0.3, -0.25) is 4.31 Å². The smallest absolute Gasteiger partial charge is 0.406 e. The van der Waals surface area contributed by atoms with Crippen LogP contribution in [-0.2, 0) is 14.8 Å². The Kier molecular flexibility index (Phi) is 6.29. The van der Waals surface area contributed by atoms with Crippen LogP contribution in [0.2, 0.25) is 0 Å². The first-order valence-corrected chi connectivity index (χ1v) is 8.20. The van der Waals surface area contributed by atoms with Crippen molar-refractivity contribution in [3.8, 4) is 11.5 Å². The van der Waals surface area contributed by atoms with Crippen LogP contribution in [0.25, 0.3) is 0 Å². The number of rotatable bonds is 7. The lowest BCUT2D eigenvalue weighted by atomic mass is 10.2. The molecule has 0 aromatic heterocycles. The fourth-order valence-electron chi connectivity index (χ4n) is 1.79. The Balaban J connectivity index is 3.05. The van der Waals surface area contributed by atoms with E-state index >= 15 is 0 Å². The van der Waals surface area contributed by atoms with Crippen LogP contribution in [0, 0.1) is 0 Å². The van der Waals surface area contributed by atoms with Crippen molar-refractivity contribution in [1.82, 2.24) is 5.32 Å². The summed E-state index contributed by atoms with van der Waals surface area (Å²) in [5.74, 6) is 0.893. The van der Waals surface area contributed by atoms with Crippen molar-refractivity contribution in [1.29, 1.82) is 0 Å². The van der Waals surface area contributed by atoms with Gasteiger partial charge in [-0.15, -0.1) is 0 Å². The Morgan fingerprint density at radius 2 is 1.91 bits per heavy atom. The van der Waals surface area contributed by atoms with Crippen molar-refractivity contribution in [3.63, 3.8) is 0 Å². The lowest BCUT2D eigenvalue weighted by Gasteiger charge is -2.24. The van der Waals surface area contributed by atoms with Crippen molar-refractivity contribution in [2.45, 2.75) is 0 Å². The van der Waals surface area contributed by atoms with E-state index < -0.39 is 16.1 Å². The average molecular weight is 332 g/mol. The van der Waals surface area contributed by atoms with Gasteiger partial charge in [-0.25, -0.2) is 13.2 Å². The van der Waals surface area contributed by atoms with Gasteiger partial charge in [0.15, 0.2) is 0 Å². The van der Waals surface area contributed by atoms with Crippen LogP contribution in [0.5, 0.6) is 11.5 Å². The first-order chi connectivity index (χ1) is 10.3.